The molecule has 0 aromatic carbocycles. The van der Waals surface area contributed by atoms with Crippen LogP contribution < -0.4 is 15.6 Å². The number of ether oxygens (including phenoxy) is 1. The summed E-state index contributed by atoms with van der Waals surface area (Å²) in [6.45, 7) is 7.79. The molecule has 5 heteroatoms. The fraction of sp³-hybridized carbons (Fsp3) is 0.667. The first-order valence-electron chi connectivity index (χ1n) is 5.79. The van der Waals surface area contributed by atoms with Crippen LogP contribution in [0.25, 0.3) is 0 Å². The van der Waals surface area contributed by atoms with Crippen molar-refractivity contribution in [2.45, 2.75) is 39.3 Å². The molecule has 0 aliphatic heterocycles. The number of aromatic nitrogens is 2. The summed E-state index contributed by atoms with van der Waals surface area (Å²) in [5.74, 6) is 0.466. The van der Waals surface area contributed by atoms with Crippen LogP contribution in [0.4, 0.5) is 0 Å². The van der Waals surface area contributed by atoms with Gasteiger partial charge in [-0.3, -0.25) is 4.79 Å². The molecule has 0 bridgehead atoms. The summed E-state index contributed by atoms with van der Waals surface area (Å²) < 4.78 is 6.42. The zero-order valence-electron chi connectivity index (χ0n) is 11.0. The molecule has 0 spiro atoms. The van der Waals surface area contributed by atoms with Crippen LogP contribution in [0.15, 0.2) is 16.9 Å². The smallest absolute Gasteiger partial charge is 0.266 e. The average molecular weight is 239 g/mol. The Hall–Kier alpha value is -1.36. The predicted octanol–water partition coefficient (Wildman–Crippen LogP) is 1.03. The van der Waals surface area contributed by atoms with E-state index in [2.05, 4.69) is 31.2 Å². The van der Waals surface area contributed by atoms with Gasteiger partial charge in [-0.15, -0.1) is 5.10 Å². The lowest BCUT2D eigenvalue weighted by Gasteiger charge is -2.20. The molecule has 5 nitrogen and oxygen atoms in total. The van der Waals surface area contributed by atoms with Gasteiger partial charge >= 0.3 is 0 Å². The molecule has 96 valence electrons. The molecule has 0 aliphatic carbocycles. The molecule has 0 atom stereocenters. The van der Waals surface area contributed by atoms with E-state index in [0.29, 0.717) is 12.4 Å². The average Bonchev–Trinajstić information content (AvgIpc) is 2.25. The first-order chi connectivity index (χ1) is 7.92. The molecule has 0 amide bonds. The van der Waals surface area contributed by atoms with Gasteiger partial charge in [0.1, 0.15) is 0 Å². The normalized spacial score (nSPS) is 11.5. The Morgan fingerprint density at radius 1 is 1.41 bits per heavy atom. The molecule has 0 saturated carbocycles. The molecule has 1 aromatic heterocycles. The quantitative estimate of drug-likeness (QED) is 0.780. The van der Waals surface area contributed by atoms with E-state index in [1.54, 1.807) is 6.07 Å². The standard InChI is InChI=1S/C12H21N3O2/c1-12(2,3)13-8-5-9-15-11(16)7-6-10(14-15)17-4/h6-7,13H,5,8-9H2,1-4H3. The number of nitrogens with one attached hydrogen (secondary N) is 1. The van der Waals surface area contributed by atoms with Crippen molar-refractivity contribution >= 4 is 0 Å². The summed E-state index contributed by atoms with van der Waals surface area (Å²) in [4.78, 5) is 11.5. The zero-order valence-corrected chi connectivity index (χ0v) is 11.0. The summed E-state index contributed by atoms with van der Waals surface area (Å²) in [6, 6.07) is 3.05. The van der Waals surface area contributed by atoms with Crippen LogP contribution in [0.2, 0.25) is 0 Å². The van der Waals surface area contributed by atoms with Crippen molar-refractivity contribution in [2.24, 2.45) is 0 Å². The topological polar surface area (TPSA) is 56.1 Å². The maximum absolute atomic E-state index is 11.5. The van der Waals surface area contributed by atoms with Gasteiger partial charge in [-0.25, -0.2) is 4.68 Å². The third-order valence-electron chi connectivity index (χ3n) is 2.25. The molecule has 1 N–H and O–H groups in total. The summed E-state index contributed by atoms with van der Waals surface area (Å²) in [5, 5.41) is 7.44. The Balaban J connectivity index is 2.49. The number of hydrogen-bond acceptors (Lipinski definition) is 4. The Morgan fingerprint density at radius 3 is 2.71 bits per heavy atom. The van der Waals surface area contributed by atoms with E-state index in [-0.39, 0.29) is 11.1 Å². The third kappa shape index (κ3) is 4.99. The van der Waals surface area contributed by atoms with Gasteiger partial charge < -0.3 is 10.1 Å². The fourth-order valence-corrected chi connectivity index (χ4v) is 1.39. The first-order valence-corrected chi connectivity index (χ1v) is 5.79. The minimum absolute atomic E-state index is 0.0958. The minimum atomic E-state index is -0.0958. The molecule has 0 radical (unpaired) electrons. The van der Waals surface area contributed by atoms with Crippen molar-refractivity contribution in [3.8, 4) is 5.88 Å². The van der Waals surface area contributed by atoms with E-state index in [1.165, 1.54) is 17.9 Å². The van der Waals surface area contributed by atoms with E-state index >= 15 is 0 Å². The Morgan fingerprint density at radius 2 is 2.12 bits per heavy atom. The Kier molecular flexibility index (Phi) is 4.69. The second-order valence-electron chi connectivity index (χ2n) is 4.97. The molecule has 0 saturated heterocycles. The number of hydrogen-bond donors (Lipinski definition) is 1. The van der Waals surface area contributed by atoms with Crippen LogP contribution in [0, 0.1) is 0 Å². The molecular weight excluding hydrogens is 218 g/mol. The van der Waals surface area contributed by atoms with Gasteiger partial charge in [0, 0.05) is 24.2 Å². The summed E-state index contributed by atoms with van der Waals surface area (Å²) in [5.41, 5.74) is 0.00816. The van der Waals surface area contributed by atoms with Crippen LogP contribution in [-0.4, -0.2) is 29.0 Å². The first kappa shape index (κ1) is 13.7. The zero-order chi connectivity index (χ0) is 12.9. The predicted molar refractivity (Wildman–Crippen MR) is 67.4 cm³/mol. The van der Waals surface area contributed by atoms with Crippen LogP contribution in [0.1, 0.15) is 27.2 Å². The molecule has 0 fully saturated rings. The van der Waals surface area contributed by atoms with Crippen LogP contribution in [0.3, 0.4) is 0 Å². The molecule has 17 heavy (non-hydrogen) atoms. The van der Waals surface area contributed by atoms with Gasteiger partial charge in [0.05, 0.1) is 7.11 Å². The van der Waals surface area contributed by atoms with Crippen molar-refractivity contribution in [1.29, 1.82) is 0 Å². The van der Waals surface area contributed by atoms with Crippen molar-refractivity contribution in [2.75, 3.05) is 13.7 Å². The summed E-state index contributed by atoms with van der Waals surface area (Å²) in [6.07, 6.45) is 0.858. The molecule has 0 unspecified atom stereocenters. The monoisotopic (exact) mass is 239 g/mol. The van der Waals surface area contributed by atoms with Gasteiger partial charge in [0.15, 0.2) is 0 Å². The lowest BCUT2D eigenvalue weighted by Crippen LogP contribution is -2.37. The van der Waals surface area contributed by atoms with Crippen LogP contribution in [-0.2, 0) is 6.54 Å². The van der Waals surface area contributed by atoms with Gasteiger partial charge in [-0.05, 0) is 33.7 Å². The largest absolute Gasteiger partial charge is 0.480 e. The van der Waals surface area contributed by atoms with Gasteiger partial charge in [-0.2, -0.15) is 0 Å². The van der Waals surface area contributed by atoms with Gasteiger partial charge in [0.2, 0.25) is 5.88 Å². The SMILES string of the molecule is COc1ccc(=O)n(CCCNC(C)(C)C)n1. The molecule has 1 heterocycles. The number of methoxy groups -OCH3 is 1. The van der Waals surface area contributed by atoms with Gasteiger partial charge in [-0.1, -0.05) is 0 Å². The van der Waals surface area contributed by atoms with Crippen molar-refractivity contribution in [3.63, 3.8) is 0 Å². The molecule has 0 aliphatic rings. The highest BCUT2D eigenvalue weighted by atomic mass is 16.5. The van der Waals surface area contributed by atoms with E-state index < -0.39 is 0 Å². The van der Waals surface area contributed by atoms with Crippen molar-refractivity contribution in [3.05, 3.63) is 22.5 Å². The Labute approximate surface area is 102 Å². The fourth-order valence-electron chi connectivity index (χ4n) is 1.39. The lowest BCUT2D eigenvalue weighted by molar-refractivity contribution is 0.367. The van der Waals surface area contributed by atoms with Crippen LogP contribution in [0.5, 0.6) is 5.88 Å². The van der Waals surface area contributed by atoms with E-state index in [4.69, 9.17) is 4.74 Å². The number of aryl methyl sites for hydroxylation is 1. The van der Waals surface area contributed by atoms with E-state index in [9.17, 15) is 4.79 Å². The van der Waals surface area contributed by atoms with Crippen molar-refractivity contribution in [1.82, 2.24) is 15.1 Å². The second kappa shape index (κ2) is 5.82. The maximum Gasteiger partial charge on any atom is 0.266 e. The number of nitrogens with zero attached hydrogens (tertiary/aromatic N) is 2. The Bertz CT molecular complexity index is 407. The van der Waals surface area contributed by atoms with E-state index in [0.717, 1.165) is 13.0 Å². The molecule has 1 rings (SSSR count). The minimum Gasteiger partial charge on any atom is -0.480 e. The third-order valence-corrected chi connectivity index (χ3v) is 2.25. The van der Waals surface area contributed by atoms with Crippen molar-refractivity contribution < 1.29 is 4.74 Å². The van der Waals surface area contributed by atoms with E-state index in [1.807, 2.05) is 0 Å². The highest BCUT2D eigenvalue weighted by Gasteiger charge is 2.07. The summed E-state index contributed by atoms with van der Waals surface area (Å²) in [7, 11) is 1.54. The second-order valence-corrected chi connectivity index (χ2v) is 4.97. The lowest BCUT2D eigenvalue weighted by atomic mass is 10.1. The highest BCUT2D eigenvalue weighted by Crippen LogP contribution is 2.01. The van der Waals surface area contributed by atoms with Gasteiger partial charge in [0.25, 0.3) is 5.56 Å². The summed E-state index contributed by atoms with van der Waals surface area (Å²) >= 11 is 0. The highest BCUT2D eigenvalue weighted by molar-refractivity contribution is 5.05. The van der Waals surface area contributed by atoms with Crippen LogP contribution >= 0.6 is 0 Å². The maximum atomic E-state index is 11.5. The number of rotatable bonds is 5. The molecule has 1 aromatic rings. The molecular formula is C12H21N3O2.